The quantitative estimate of drug-likeness (QED) is 0.895. The molecule has 0 unspecified atom stereocenters. The van der Waals surface area contributed by atoms with Gasteiger partial charge >= 0.3 is 0 Å². The van der Waals surface area contributed by atoms with Crippen LogP contribution in [0.3, 0.4) is 0 Å². The van der Waals surface area contributed by atoms with Gasteiger partial charge in [0.15, 0.2) is 0 Å². The summed E-state index contributed by atoms with van der Waals surface area (Å²) in [5.74, 6) is 0.137. The molecule has 5 heteroatoms. The Balaban J connectivity index is 1.89. The number of likely N-dealkylation sites (N-methyl/N-ethyl adjacent to an activating group) is 1. The topological polar surface area (TPSA) is 42.6 Å². The van der Waals surface area contributed by atoms with Crippen molar-refractivity contribution in [3.63, 3.8) is 0 Å². The van der Waals surface area contributed by atoms with Crippen LogP contribution < -0.4 is 4.90 Å². The number of quaternary nitrogens is 1. The molecule has 1 saturated heterocycles. The van der Waals surface area contributed by atoms with Crippen LogP contribution in [0.15, 0.2) is 30.5 Å². The van der Waals surface area contributed by atoms with Crippen molar-refractivity contribution in [1.82, 2.24) is 14.7 Å². The number of benzene rings is 1. The second-order valence-electron chi connectivity index (χ2n) is 6.85. The van der Waals surface area contributed by atoms with Crippen LogP contribution in [-0.4, -0.2) is 53.3 Å². The fraction of sp³-hybridized carbons (Fsp3) is 0.500. The molecule has 1 fully saturated rings. The molecule has 0 aliphatic carbocycles. The highest BCUT2D eigenvalue weighted by molar-refractivity contribution is 5.95. The van der Waals surface area contributed by atoms with Crippen molar-refractivity contribution < 1.29 is 9.69 Å². The summed E-state index contributed by atoms with van der Waals surface area (Å²) in [5.41, 5.74) is 4.03. The van der Waals surface area contributed by atoms with Crippen molar-refractivity contribution in [2.45, 2.75) is 33.6 Å². The van der Waals surface area contributed by atoms with Gasteiger partial charge in [0.05, 0.1) is 55.9 Å². The number of nitrogens with one attached hydrogen (secondary N) is 1. The Morgan fingerprint density at radius 2 is 1.92 bits per heavy atom. The highest BCUT2D eigenvalue weighted by Crippen LogP contribution is 2.21. The number of aromatic nitrogens is 2. The van der Waals surface area contributed by atoms with Crippen molar-refractivity contribution >= 4 is 5.91 Å². The zero-order valence-corrected chi connectivity index (χ0v) is 15.6. The second kappa shape index (κ2) is 7.83. The van der Waals surface area contributed by atoms with Gasteiger partial charge in [0.2, 0.25) is 0 Å². The number of piperazine rings is 1. The number of para-hydroxylation sites is 1. The van der Waals surface area contributed by atoms with Gasteiger partial charge in [-0.25, -0.2) is 4.68 Å². The van der Waals surface area contributed by atoms with Gasteiger partial charge in [-0.05, 0) is 31.9 Å². The lowest BCUT2D eigenvalue weighted by Crippen LogP contribution is -3.14. The third kappa shape index (κ3) is 3.61. The first-order valence-corrected chi connectivity index (χ1v) is 9.41. The van der Waals surface area contributed by atoms with E-state index in [1.807, 2.05) is 21.7 Å². The average Bonchev–Trinajstić information content (AvgIpc) is 3.05. The maximum Gasteiger partial charge on any atom is 0.257 e. The fourth-order valence-electron chi connectivity index (χ4n) is 3.59. The molecule has 1 aliphatic rings. The third-order valence-corrected chi connectivity index (χ3v) is 5.19. The average molecular weight is 341 g/mol. The number of aryl methyl sites for hydroxylation is 1. The van der Waals surface area contributed by atoms with E-state index in [1.165, 1.54) is 5.56 Å². The van der Waals surface area contributed by atoms with E-state index in [2.05, 4.69) is 38.0 Å². The molecular formula is C20H29N4O+. The van der Waals surface area contributed by atoms with Crippen LogP contribution in [0.1, 0.15) is 41.9 Å². The lowest BCUT2D eigenvalue weighted by Gasteiger charge is -2.31. The van der Waals surface area contributed by atoms with Crippen LogP contribution >= 0.6 is 0 Å². The molecule has 2 aromatic rings. The number of hydrogen-bond donors (Lipinski definition) is 1. The van der Waals surface area contributed by atoms with Crippen LogP contribution in [0, 0.1) is 6.92 Å². The third-order valence-electron chi connectivity index (χ3n) is 5.19. The minimum atomic E-state index is 0.137. The summed E-state index contributed by atoms with van der Waals surface area (Å²) in [4.78, 5) is 16.7. The minimum Gasteiger partial charge on any atom is -0.332 e. The maximum absolute atomic E-state index is 13.1. The molecule has 134 valence electrons. The first-order chi connectivity index (χ1) is 12.2. The van der Waals surface area contributed by atoms with Crippen molar-refractivity contribution in [3.05, 3.63) is 47.3 Å². The fourth-order valence-corrected chi connectivity index (χ4v) is 3.59. The van der Waals surface area contributed by atoms with Gasteiger partial charge in [0.25, 0.3) is 5.91 Å². The van der Waals surface area contributed by atoms with E-state index >= 15 is 0 Å². The maximum atomic E-state index is 13.1. The van der Waals surface area contributed by atoms with Crippen LogP contribution in [0.4, 0.5) is 0 Å². The lowest BCUT2D eigenvalue weighted by atomic mass is 10.1. The summed E-state index contributed by atoms with van der Waals surface area (Å²) in [7, 11) is 0. The summed E-state index contributed by atoms with van der Waals surface area (Å²) >= 11 is 0. The van der Waals surface area contributed by atoms with Crippen LogP contribution in [-0.2, 0) is 6.42 Å². The number of amides is 1. The highest BCUT2D eigenvalue weighted by Gasteiger charge is 2.27. The van der Waals surface area contributed by atoms with E-state index < -0.39 is 0 Å². The van der Waals surface area contributed by atoms with E-state index in [0.717, 1.165) is 62.5 Å². The number of rotatable bonds is 5. The van der Waals surface area contributed by atoms with Gasteiger partial charge in [0, 0.05) is 0 Å². The molecule has 0 atom stereocenters. The molecule has 0 spiro atoms. The van der Waals surface area contributed by atoms with Crippen LogP contribution in [0.2, 0.25) is 0 Å². The zero-order valence-electron chi connectivity index (χ0n) is 15.6. The Hall–Kier alpha value is -2.14. The summed E-state index contributed by atoms with van der Waals surface area (Å²) in [5, 5.41) is 4.58. The normalized spacial score (nSPS) is 15.6. The second-order valence-corrected chi connectivity index (χ2v) is 6.85. The minimum absolute atomic E-state index is 0.137. The number of carbonyl (C=O) groups is 1. The van der Waals surface area contributed by atoms with Gasteiger partial charge in [-0.15, -0.1) is 0 Å². The smallest absolute Gasteiger partial charge is 0.257 e. The summed E-state index contributed by atoms with van der Waals surface area (Å²) in [6, 6.07) is 8.21. The molecule has 0 bridgehead atoms. The van der Waals surface area contributed by atoms with E-state index in [9.17, 15) is 4.79 Å². The Morgan fingerprint density at radius 3 is 2.56 bits per heavy atom. The van der Waals surface area contributed by atoms with Gasteiger partial charge in [-0.1, -0.05) is 31.5 Å². The van der Waals surface area contributed by atoms with Crippen molar-refractivity contribution in [2.24, 2.45) is 0 Å². The number of hydrogen-bond acceptors (Lipinski definition) is 2. The Labute approximate surface area is 150 Å². The SMILES string of the molecule is CCCc1c(C(=O)N2CC[NH+](CC)CC2)cnn1-c1ccccc1C. The van der Waals surface area contributed by atoms with Crippen LogP contribution in [0.5, 0.6) is 0 Å². The predicted octanol–water partition coefficient (Wildman–Crippen LogP) is 1.49. The molecule has 5 nitrogen and oxygen atoms in total. The Bertz CT molecular complexity index is 729. The van der Waals surface area contributed by atoms with Crippen molar-refractivity contribution in [1.29, 1.82) is 0 Å². The summed E-state index contributed by atoms with van der Waals surface area (Å²) in [6.07, 6.45) is 3.61. The predicted molar refractivity (Wildman–Crippen MR) is 99.4 cm³/mol. The first-order valence-electron chi connectivity index (χ1n) is 9.41. The first kappa shape index (κ1) is 17.7. The molecule has 3 rings (SSSR count). The highest BCUT2D eigenvalue weighted by atomic mass is 16.2. The van der Waals surface area contributed by atoms with E-state index in [0.29, 0.717) is 0 Å². The summed E-state index contributed by atoms with van der Waals surface area (Å²) in [6.45, 7) is 11.3. The number of nitrogens with zero attached hydrogens (tertiary/aromatic N) is 3. The van der Waals surface area contributed by atoms with E-state index in [1.54, 1.807) is 11.1 Å². The molecule has 0 radical (unpaired) electrons. The van der Waals surface area contributed by atoms with Gasteiger partial charge in [0.1, 0.15) is 0 Å². The lowest BCUT2D eigenvalue weighted by molar-refractivity contribution is -0.902. The van der Waals surface area contributed by atoms with Crippen molar-refractivity contribution in [2.75, 3.05) is 32.7 Å². The number of carbonyl (C=O) groups excluding carboxylic acids is 1. The molecule has 2 heterocycles. The molecule has 0 saturated carbocycles. The molecule has 1 aromatic heterocycles. The zero-order chi connectivity index (χ0) is 17.8. The van der Waals surface area contributed by atoms with Gasteiger partial charge in [-0.3, -0.25) is 4.79 Å². The van der Waals surface area contributed by atoms with E-state index in [4.69, 9.17) is 0 Å². The monoisotopic (exact) mass is 341 g/mol. The van der Waals surface area contributed by atoms with Gasteiger partial charge < -0.3 is 9.80 Å². The molecule has 25 heavy (non-hydrogen) atoms. The molecular weight excluding hydrogens is 312 g/mol. The standard InChI is InChI=1S/C20H28N4O/c1-4-8-19-17(20(25)23-13-11-22(5-2)12-14-23)15-21-24(19)18-10-7-6-9-16(18)3/h6-7,9-10,15H,4-5,8,11-14H2,1-3H3/p+1. The molecule has 1 aliphatic heterocycles. The Morgan fingerprint density at radius 1 is 1.20 bits per heavy atom. The van der Waals surface area contributed by atoms with Gasteiger partial charge in [-0.2, -0.15) is 5.10 Å². The molecule has 1 amide bonds. The van der Waals surface area contributed by atoms with Crippen molar-refractivity contribution in [3.8, 4) is 5.69 Å². The molecule has 1 N–H and O–H groups in total. The Kier molecular flexibility index (Phi) is 5.53. The van der Waals surface area contributed by atoms with Crippen LogP contribution in [0.25, 0.3) is 5.69 Å². The summed E-state index contributed by atoms with van der Waals surface area (Å²) < 4.78 is 1.96. The molecule has 1 aromatic carbocycles. The largest absolute Gasteiger partial charge is 0.332 e. The van der Waals surface area contributed by atoms with E-state index in [-0.39, 0.29) is 5.91 Å².